The molecule has 0 radical (unpaired) electrons. The third-order valence-corrected chi connectivity index (χ3v) is 6.05. The summed E-state index contributed by atoms with van der Waals surface area (Å²) in [6, 6.07) is 0. The molecule has 0 bridgehead atoms. The van der Waals surface area contributed by atoms with E-state index in [-0.39, 0.29) is 18.0 Å². The Morgan fingerprint density at radius 2 is 2.30 bits per heavy atom. The van der Waals surface area contributed by atoms with E-state index in [9.17, 15) is 9.59 Å². The highest BCUT2D eigenvalue weighted by atomic mass is 32.1. The fourth-order valence-corrected chi connectivity index (χ4v) is 4.78. The maximum absolute atomic E-state index is 12.5. The molecule has 0 aliphatic heterocycles. The van der Waals surface area contributed by atoms with E-state index in [1.54, 1.807) is 18.4 Å². The molecule has 3 heterocycles. The molecule has 1 aliphatic rings. The van der Waals surface area contributed by atoms with Crippen LogP contribution < -0.4 is 10.9 Å². The molecule has 0 aromatic carbocycles. The van der Waals surface area contributed by atoms with Crippen LogP contribution in [0, 0.1) is 5.92 Å². The highest BCUT2D eigenvalue weighted by Gasteiger charge is 2.22. The Morgan fingerprint density at radius 1 is 1.44 bits per heavy atom. The van der Waals surface area contributed by atoms with Gasteiger partial charge >= 0.3 is 0 Å². The molecule has 1 unspecified atom stereocenters. The maximum Gasteiger partial charge on any atom is 0.264 e. The molecule has 142 valence electrons. The molecule has 3 aromatic rings. The van der Waals surface area contributed by atoms with E-state index < -0.39 is 0 Å². The first-order valence-corrected chi connectivity index (χ1v) is 10.0. The van der Waals surface area contributed by atoms with Gasteiger partial charge in [-0.1, -0.05) is 19.8 Å². The van der Waals surface area contributed by atoms with E-state index >= 15 is 0 Å². The van der Waals surface area contributed by atoms with Crippen LogP contribution in [0.2, 0.25) is 0 Å². The van der Waals surface area contributed by atoms with Gasteiger partial charge in [-0.25, -0.2) is 9.97 Å². The SMILES string of the molecule is CCCC1CCc2nc(NC(=O)Cn3cnc4c(cnn4C)c3=O)sc2C1. The van der Waals surface area contributed by atoms with E-state index in [4.69, 9.17) is 0 Å². The van der Waals surface area contributed by atoms with Crippen molar-refractivity contribution in [1.29, 1.82) is 0 Å². The number of hydrogen-bond donors (Lipinski definition) is 1. The first kappa shape index (κ1) is 17.8. The second-order valence-corrected chi connectivity index (χ2v) is 8.10. The Labute approximate surface area is 160 Å². The Kier molecular flexibility index (Phi) is 4.77. The molecule has 8 nitrogen and oxygen atoms in total. The number of hydrogen-bond acceptors (Lipinski definition) is 6. The summed E-state index contributed by atoms with van der Waals surface area (Å²) in [5.41, 5.74) is 1.34. The quantitative estimate of drug-likeness (QED) is 0.725. The van der Waals surface area contributed by atoms with E-state index in [2.05, 4.69) is 27.3 Å². The molecule has 9 heteroatoms. The average Bonchev–Trinajstić information content (AvgIpc) is 3.20. The number of aromatic nitrogens is 5. The molecule has 1 amide bonds. The summed E-state index contributed by atoms with van der Waals surface area (Å²) in [5, 5.41) is 7.89. The first-order valence-electron chi connectivity index (χ1n) is 9.20. The molecule has 0 spiro atoms. The largest absolute Gasteiger partial charge is 0.300 e. The van der Waals surface area contributed by atoms with E-state index in [1.807, 2.05) is 0 Å². The maximum atomic E-state index is 12.5. The zero-order chi connectivity index (χ0) is 19.0. The van der Waals surface area contributed by atoms with Gasteiger partial charge in [0.05, 0.1) is 11.9 Å². The van der Waals surface area contributed by atoms with E-state index in [0.29, 0.717) is 16.2 Å². The monoisotopic (exact) mass is 386 g/mol. The van der Waals surface area contributed by atoms with Crippen LogP contribution in [-0.4, -0.2) is 30.2 Å². The number of fused-ring (bicyclic) bond motifs is 2. The van der Waals surface area contributed by atoms with Gasteiger partial charge in [0.1, 0.15) is 18.3 Å². The first-order chi connectivity index (χ1) is 13.0. The number of anilines is 1. The molecule has 1 aliphatic carbocycles. The van der Waals surface area contributed by atoms with Crippen LogP contribution in [-0.2, 0) is 31.2 Å². The van der Waals surface area contributed by atoms with Gasteiger partial charge in [0.2, 0.25) is 5.91 Å². The minimum atomic E-state index is -0.279. The summed E-state index contributed by atoms with van der Waals surface area (Å²) in [6.45, 7) is 2.12. The molecule has 0 saturated carbocycles. The number of carbonyl (C=O) groups excluding carboxylic acids is 1. The van der Waals surface area contributed by atoms with Crippen molar-refractivity contribution in [2.75, 3.05) is 5.32 Å². The lowest BCUT2D eigenvalue weighted by Gasteiger charge is -2.19. The van der Waals surface area contributed by atoms with Gasteiger partial charge in [0, 0.05) is 11.9 Å². The van der Waals surface area contributed by atoms with Crippen molar-refractivity contribution in [3.63, 3.8) is 0 Å². The summed E-state index contributed by atoms with van der Waals surface area (Å²) in [7, 11) is 1.72. The van der Waals surface area contributed by atoms with Crippen molar-refractivity contribution in [2.45, 2.75) is 45.6 Å². The van der Waals surface area contributed by atoms with Crippen molar-refractivity contribution in [2.24, 2.45) is 13.0 Å². The number of carbonyl (C=O) groups is 1. The highest BCUT2D eigenvalue weighted by molar-refractivity contribution is 7.15. The van der Waals surface area contributed by atoms with E-state index in [1.165, 1.54) is 45.9 Å². The fraction of sp³-hybridized carbons (Fsp3) is 0.500. The summed E-state index contributed by atoms with van der Waals surface area (Å²) >= 11 is 1.55. The van der Waals surface area contributed by atoms with Gasteiger partial charge in [-0.2, -0.15) is 5.10 Å². The van der Waals surface area contributed by atoms with Gasteiger partial charge in [0.15, 0.2) is 10.8 Å². The Balaban J connectivity index is 1.46. The molecule has 27 heavy (non-hydrogen) atoms. The minimum absolute atomic E-state index is 0.0978. The van der Waals surface area contributed by atoms with Gasteiger partial charge < -0.3 is 5.32 Å². The summed E-state index contributed by atoms with van der Waals surface area (Å²) in [5.74, 6) is 0.445. The smallest absolute Gasteiger partial charge is 0.264 e. The predicted molar refractivity (Wildman–Crippen MR) is 104 cm³/mol. The number of nitrogens with one attached hydrogen (secondary N) is 1. The molecular formula is C18H22N6O2S. The number of thiazole rings is 1. The van der Waals surface area contributed by atoms with Crippen molar-refractivity contribution in [3.8, 4) is 0 Å². The van der Waals surface area contributed by atoms with Crippen LogP contribution in [0.4, 0.5) is 5.13 Å². The summed E-state index contributed by atoms with van der Waals surface area (Å²) < 4.78 is 2.83. The molecule has 1 atom stereocenters. The number of rotatable bonds is 5. The Bertz CT molecular complexity index is 1050. The van der Waals surface area contributed by atoms with Gasteiger partial charge in [-0.15, -0.1) is 11.3 Å². The lowest BCUT2D eigenvalue weighted by Crippen LogP contribution is -2.27. The van der Waals surface area contributed by atoms with E-state index in [0.717, 1.165) is 24.5 Å². The zero-order valence-electron chi connectivity index (χ0n) is 15.4. The van der Waals surface area contributed by atoms with Crippen LogP contribution in [0.3, 0.4) is 0 Å². The second kappa shape index (κ2) is 7.22. The third kappa shape index (κ3) is 3.51. The topological polar surface area (TPSA) is 94.7 Å². The summed E-state index contributed by atoms with van der Waals surface area (Å²) in [6.07, 6.45) is 8.50. The lowest BCUT2D eigenvalue weighted by atomic mass is 9.88. The van der Waals surface area contributed by atoms with Crippen molar-refractivity contribution in [1.82, 2.24) is 24.3 Å². The number of aryl methyl sites for hydroxylation is 2. The number of amides is 1. The van der Waals surface area contributed by atoms with Crippen LogP contribution in [0.25, 0.3) is 11.0 Å². The molecule has 0 saturated heterocycles. The molecule has 1 N–H and O–H groups in total. The molecular weight excluding hydrogens is 364 g/mol. The number of nitrogens with zero attached hydrogens (tertiary/aromatic N) is 5. The van der Waals surface area contributed by atoms with Gasteiger partial charge in [-0.3, -0.25) is 18.8 Å². The zero-order valence-corrected chi connectivity index (χ0v) is 16.3. The third-order valence-electron chi connectivity index (χ3n) is 5.02. The van der Waals surface area contributed by atoms with Crippen molar-refractivity contribution < 1.29 is 4.79 Å². The average molecular weight is 386 g/mol. The van der Waals surface area contributed by atoms with Crippen molar-refractivity contribution >= 4 is 33.4 Å². The predicted octanol–water partition coefficient (Wildman–Crippen LogP) is 2.13. The van der Waals surface area contributed by atoms with Crippen molar-refractivity contribution in [3.05, 3.63) is 33.4 Å². The van der Waals surface area contributed by atoms with Gasteiger partial charge in [-0.05, 0) is 25.2 Å². The Hall–Kier alpha value is -2.55. The normalized spacial score (nSPS) is 16.4. The second-order valence-electron chi connectivity index (χ2n) is 7.02. The fourth-order valence-electron chi connectivity index (χ4n) is 3.64. The van der Waals surface area contributed by atoms with Crippen LogP contribution in [0.15, 0.2) is 17.3 Å². The standard InChI is InChI=1S/C18H22N6O2S/c1-3-4-11-5-6-13-14(7-11)27-18(21-13)22-15(25)9-24-10-19-16-12(17(24)26)8-20-23(16)2/h8,10-11H,3-7,9H2,1-2H3,(H,21,22,25). The summed E-state index contributed by atoms with van der Waals surface area (Å²) in [4.78, 5) is 34.9. The Morgan fingerprint density at radius 3 is 3.11 bits per heavy atom. The highest BCUT2D eigenvalue weighted by Crippen LogP contribution is 2.34. The van der Waals surface area contributed by atoms with Gasteiger partial charge in [0.25, 0.3) is 5.56 Å². The molecule has 3 aromatic heterocycles. The lowest BCUT2D eigenvalue weighted by molar-refractivity contribution is -0.116. The molecule has 0 fully saturated rings. The minimum Gasteiger partial charge on any atom is -0.300 e. The molecule has 4 rings (SSSR count). The van der Waals surface area contributed by atoms with Crippen LogP contribution >= 0.6 is 11.3 Å². The van der Waals surface area contributed by atoms with Crippen LogP contribution in [0.5, 0.6) is 0 Å². The van der Waals surface area contributed by atoms with Crippen LogP contribution in [0.1, 0.15) is 36.8 Å².